The highest BCUT2D eigenvalue weighted by Gasteiger charge is 2.00. The van der Waals surface area contributed by atoms with Gasteiger partial charge >= 0.3 is 0 Å². The first kappa shape index (κ1) is 13.4. The van der Waals surface area contributed by atoms with Crippen molar-refractivity contribution in [3.8, 4) is 5.75 Å². The summed E-state index contributed by atoms with van der Waals surface area (Å²) < 4.78 is 5.12. The average molecular weight is 239 g/mol. The molecule has 1 rings (SSSR count). The van der Waals surface area contributed by atoms with Gasteiger partial charge in [0, 0.05) is 12.6 Å². The van der Waals surface area contributed by atoms with Gasteiger partial charge in [0.25, 0.3) is 0 Å². The van der Waals surface area contributed by atoms with Crippen LogP contribution in [0.3, 0.4) is 0 Å². The molecule has 1 N–H and O–H groups in total. The predicted octanol–water partition coefficient (Wildman–Crippen LogP) is 2.93. The van der Waals surface area contributed by atoms with E-state index in [4.69, 9.17) is 4.74 Å². The zero-order valence-corrected chi connectivity index (χ0v) is 11.1. The summed E-state index contributed by atoms with van der Waals surface area (Å²) in [6, 6.07) is 8.79. The molecule has 0 aliphatic rings. The summed E-state index contributed by atoms with van der Waals surface area (Å²) in [5, 5.41) is 3.52. The van der Waals surface area contributed by atoms with Gasteiger partial charge in [0.1, 0.15) is 5.75 Å². The minimum atomic E-state index is 0.578. The van der Waals surface area contributed by atoms with E-state index < -0.39 is 0 Å². The molecule has 16 heavy (non-hydrogen) atoms. The standard InChI is InChI=1S/C13H21NOS/c1-11(8-9-16-3)14-10-12-4-6-13(15-2)7-5-12/h4-7,11,14H,8-10H2,1-3H3. The topological polar surface area (TPSA) is 21.3 Å². The maximum atomic E-state index is 5.12. The summed E-state index contributed by atoms with van der Waals surface area (Å²) in [6.07, 6.45) is 3.37. The van der Waals surface area contributed by atoms with Gasteiger partial charge in [0.2, 0.25) is 0 Å². The van der Waals surface area contributed by atoms with Crippen LogP contribution >= 0.6 is 11.8 Å². The van der Waals surface area contributed by atoms with Crippen molar-refractivity contribution in [1.82, 2.24) is 5.32 Å². The van der Waals surface area contributed by atoms with Crippen molar-refractivity contribution >= 4 is 11.8 Å². The van der Waals surface area contributed by atoms with Crippen molar-refractivity contribution in [2.24, 2.45) is 0 Å². The quantitative estimate of drug-likeness (QED) is 0.790. The van der Waals surface area contributed by atoms with Crippen LogP contribution in [0, 0.1) is 0 Å². The van der Waals surface area contributed by atoms with E-state index in [1.807, 2.05) is 23.9 Å². The third-order valence-corrected chi connectivity index (χ3v) is 3.21. The Morgan fingerprint density at radius 3 is 2.56 bits per heavy atom. The first-order chi connectivity index (χ1) is 7.76. The first-order valence-electron chi connectivity index (χ1n) is 5.61. The van der Waals surface area contributed by atoms with Crippen molar-refractivity contribution in [3.63, 3.8) is 0 Å². The fourth-order valence-corrected chi connectivity index (χ4v) is 2.02. The van der Waals surface area contributed by atoms with Crippen LogP contribution in [-0.4, -0.2) is 25.2 Å². The molecular weight excluding hydrogens is 218 g/mol. The summed E-state index contributed by atoms with van der Waals surface area (Å²) in [6.45, 7) is 3.17. The molecule has 0 bridgehead atoms. The molecular formula is C13H21NOS. The smallest absolute Gasteiger partial charge is 0.118 e. The highest BCUT2D eigenvalue weighted by molar-refractivity contribution is 7.98. The molecule has 90 valence electrons. The summed E-state index contributed by atoms with van der Waals surface area (Å²) >= 11 is 1.90. The third-order valence-electron chi connectivity index (χ3n) is 2.57. The molecule has 3 heteroatoms. The summed E-state index contributed by atoms with van der Waals surface area (Å²) in [7, 11) is 1.69. The SMILES string of the molecule is COc1ccc(CNC(C)CCSC)cc1. The lowest BCUT2D eigenvalue weighted by Crippen LogP contribution is -2.25. The van der Waals surface area contributed by atoms with Crippen LogP contribution in [0.4, 0.5) is 0 Å². The molecule has 0 fully saturated rings. The van der Waals surface area contributed by atoms with Crippen LogP contribution in [-0.2, 0) is 6.54 Å². The fraction of sp³-hybridized carbons (Fsp3) is 0.538. The third kappa shape index (κ3) is 4.90. The van der Waals surface area contributed by atoms with Gasteiger partial charge in [-0.25, -0.2) is 0 Å². The number of nitrogens with one attached hydrogen (secondary N) is 1. The number of hydrogen-bond donors (Lipinski definition) is 1. The van der Waals surface area contributed by atoms with E-state index in [1.54, 1.807) is 7.11 Å². The zero-order chi connectivity index (χ0) is 11.8. The molecule has 0 saturated heterocycles. The fourth-order valence-electron chi connectivity index (χ4n) is 1.43. The minimum Gasteiger partial charge on any atom is -0.497 e. The van der Waals surface area contributed by atoms with Crippen LogP contribution in [0.15, 0.2) is 24.3 Å². The predicted molar refractivity (Wildman–Crippen MR) is 72.3 cm³/mol. The maximum Gasteiger partial charge on any atom is 0.118 e. The second-order valence-electron chi connectivity index (χ2n) is 3.91. The maximum absolute atomic E-state index is 5.12. The molecule has 1 unspecified atom stereocenters. The van der Waals surface area contributed by atoms with E-state index in [1.165, 1.54) is 17.7 Å². The van der Waals surface area contributed by atoms with Gasteiger partial charge in [-0.05, 0) is 43.0 Å². The number of hydrogen-bond acceptors (Lipinski definition) is 3. The molecule has 0 aliphatic carbocycles. The van der Waals surface area contributed by atoms with Crippen molar-refractivity contribution in [1.29, 1.82) is 0 Å². The van der Waals surface area contributed by atoms with Crippen LogP contribution in [0.5, 0.6) is 5.75 Å². The summed E-state index contributed by atoms with van der Waals surface area (Å²) in [5.74, 6) is 2.13. The number of ether oxygens (including phenoxy) is 1. The largest absolute Gasteiger partial charge is 0.497 e. The van der Waals surface area contributed by atoms with Crippen LogP contribution in [0.1, 0.15) is 18.9 Å². The Labute approximate surface area is 103 Å². The molecule has 1 aromatic carbocycles. The molecule has 0 aliphatic heterocycles. The lowest BCUT2D eigenvalue weighted by molar-refractivity contribution is 0.414. The van der Waals surface area contributed by atoms with E-state index in [9.17, 15) is 0 Å². The van der Waals surface area contributed by atoms with Gasteiger partial charge in [-0.1, -0.05) is 12.1 Å². The first-order valence-corrected chi connectivity index (χ1v) is 7.01. The Morgan fingerprint density at radius 1 is 1.31 bits per heavy atom. The van der Waals surface area contributed by atoms with E-state index in [0.717, 1.165) is 12.3 Å². The van der Waals surface area contributed by atoms with Crippen molar-refractivity contribution in [2.45, 2.75) is 25.9 Å². The lowest BCUT2D eigenvalue weighted by Gasteiger charge is -2.13. The molecule has 0 amide bonds. The Kier molecular flexibility index (Phi) is 6.34. The zero-order valence-electron chi connectivity index (χ0n) is 10.3. The highest BCUT2D eigenvalue weighted by atomic mass is 32.2. The second kappa shape index (κ2) is 7.58. The molecule has 0 aromatic heterocycles. The van der Waals surface area contributed by atoms with Crippen molar-refractivity contribution in [2.75, 3.05) is 19.1 Å². The number of methoxy groups -OCH3 is 1. The molecule has 0 heterocycles. The Bertz CT molecular complexity index is 286. The molecule has 1 atom stereocenters. The van der Waals surface area contributed by atoms with Gasteiger partial charge in [-0.3, -0.25) is 0 Å². The minimum absolute atomic E-state index is 0.578. The van der Waals surface area contributed by atoms with Gasteiger partial charge in [0.05, 0.1) is 7.11 Å². The number of thioether (sulfide) groups is 1. The number of benzene rings is 1. The Morgan fingerprint density at radius 2 is 2.00 bits per heavy atom. The van der Waals surface area contributed by atoms with Gasteiger partial charge in [0.15, 0.2) is 0 Å². The summed E-state index contributed by atoms with van der Waals surface area (Å²) in [5.41, 5.74) is 1.30. The van der Waals surface area contributed by atoms with Crippen LogP contribution in [0.2, 0.25) is 0 Å². The van der Waals surface area contributed by atoms with Gasteiger partial charge in [-0.2, -0.15) is 11.8 Å². The van der Waals surface area contributed by atoms with Crippen LogP contribution < -0.4 is 10.1 Å². The molecule has 0 radical (unpaired) electrons. The van der Waals surface area contributed by atoms with E-state index in [-0.39, 0.29) is 0 Å². The molecule has 1 aromatic rings. The van der Waals surface area contributed by atoms with E-state index in [2.05, 4.69) is 30.6 Å². The molecule has 2 nitrogen and oxygen atoms in total. The van der Waals surface area contributed by atoms with E-state index in [0.29, 0.717) is 6.04 Å². The average Bonchev–Trinajstić information content (AvgIpc) is 2.34. The monoisotopic (exact) mass is 239 g/mol. The van der Waals surface area contributed by atoms with E-state index >= 15 is 0 Å². The highest BCUT2D eigenvalue weighted by Crippen LogP contribution is 2.11. The van der Waals surface area contributed by atoms with Crippen LogP contribution in [0.25, 0.3) is 0 Å². The molecule has 0 spiro atoms. The Hall–Kier alpha value is -0.670. The Balaban J connectivity index is 2.30. The lowest BCUT2D eigenvalue weighted by atomic mass is 10.2. The van der Waals surface area contributed by atoms with Crippen molar-refractivity contribution < 1.29 is 4.74 Å². The van der Waals surface area contributed by atoms with Crippen molar-refractivity contribution in [3.05, 3.63) is 29.8 Å². The van der Waals surface area contributed by atoms with Gasteiger partial charge < -0.3 is 10.1 Å². The second-order valence-corrected chi connectivity index (χ2v) is 4.90. The summed E-state index contributed by atoms with van der Waals surface area (Å²) in [4.78, 5) is 0. The normalized spacial score (nSPS) is 12.4. The number of rotatable bonds is 7. The van der Waals surface area contributed by atoms with Gasteiger partial charge in [-0.15, -0.1) is 0 Å². The molecule has 0 saturated carbocycles.